The molecule has 0 aliphatic rings. The number of hydrogen-bond acceptors (Lipinski definition) is 3. The van der Waals surface area contributed by atoms with Crippen LogP contribution in [0, 0.1) is 0 Å². The average Bonchev–Trinajstić information content (AvgIpc) is 1.88. The second kappa shape index (κ2) is 4.79. The second-order valence-corrected chi connectivity index (χ2v) is 1.68. The van der Waals surface area contributed by atoms with Gasteiger partial charge in [-0.25, -0.2) is 9.78 Å². The van der Waals surface area contributed by atoms with E-state index in [1.165, 1.54) is 18.3 Å². The van der Waals surface area contributed by atoms with Crippen molar-refractivity contribution in [3.63, 3.8) is 0 Å². The molecule has 0 spiro atoms. The van der Waals surface area contributed by atoms with Crippen LogP contribution in [0.15, 0.2) is 18.3 Å². The standard InChI is InChI=1S/C6H5NO3.Ba.2H/c8-5-4(6(9)10)2-1-3-7-5;;;/h1-3H,(H,7,8)(H,9,10);;;. The third kappa shape index (κ3) is 2.84. The van der Waals surface area contributed by atoms with Gasteiger partial charge in [-0.2, -0.15) is 0 Å². The number of nitrogens with zero attached hydrogens (tertiary/aromatic N) is 1. The summed E-state index contributed by atoms with van der Waals surface area (Å²) in [5.74, 6) is -1.62. The number of carboxylic acids is 1. The molecule has 0 saturated carbocycles. The summed E-state index contributed by atoms with van der Waals surface area (Å²) in [6.07, 6.45) is 1.32. The zero-order valence-electron chi connectivity index (χ0n) is 4.98. The quantitative estimate of drug-likeness (QED) is 0.684. The van der Waals surface area contributed by atoms with Crippen molar-refractivity contribution >= 4 is 54.9 Å². The SMILES string of the molecule is O=C(O)c1cccnc1O.[BaH2]. The Bertz CT molecular complexity index is 264. The molecule has 0 aromatic carbocycles. The van der Waals surface area contributed by atoms with Crippen LogP contribution in [-0.2, 0) is 0 Å². The molecule has 5 heteroatoms. The predicted molar refractivity (Wildman–Crippen MR) is 41.4 cm³/mol. The predicted octanol–water partition coefficient (Wildman–Crippen LogP) is -0.431. The van der Waals surface area contributed by atoms with Gasteiger partial charge in [-0.3, -0.25) is 0 Å². The summed E-state index contributed by atoms with van der Waals surface area (Å²) in [6.45, 7) is 0. The maximum absolute atomic E-state index is 10.2. The van der Waals surface area contributed by atoms with E-state index in [1.54, 1.807) is 0 Å². The molecule has 1 aromatic rings. The van der Waals surface area contributed by atoms with Crippen molar-refractivity contribution < 1.29 is 15.0 Å². The molecule has 0 saturated heterocycles. The summed E-state index contributed by atoms with van der Waals surface area (Å²) in [5.41, 5.74) is -0.178. The number of hydrogen-bond donors (Lipinski definition) is 2. The van der Waals surface area contributed by atoms with Gasteiger partial charge in [-0.1, -0.05) is 0 Å². The van der Waals surface area contributed by atoms with Crippen LogP contribution in [0.3, 0.4) is 0 Å². The van der Waals surface area contributed by atoms with Gasteiger partial charge >= 0.3 is 54.9 Å². The van der Waals surface area contributed by atoms with E-state index in [-0.39, 0.29) is 54.4 Å². The van der Waals surface area contributed by atoms with Gasteiger partial charge in [0.25, 0.3) is 0 Å². The van der Waals surface area contributed by atoms with Crippen LogP contribution in [-0.4, -0.2) is 70.0 Å². The number of carboxylic acid groups (broad SMARTS) is 1. The monoisotopic (exact) mass is 279 g/mol. The molecule has 0 bridgehead atoms. The third-order valence-electron chi connectivity index (χ3n) is 1.02. The molecular formula is C6H7BaNO3. The molecule has 0 amide bonds. The van der Waals surface area contributed by atoms with Crippen LogP contribution < -0.4 is 0 Å². The van der Waals surface area contributed by atoms with Gasteiger partial charge in [-0.15, -0.1) is 0 Å². The van der Waals surface area contributed by atoms with Crippen molar-refractivity contribution in [3.8, 4) is 5.88 Å². The topological polar surface area (TPSA) is 70.4 Å². The number of carbonyl (C=O) groups is 1. The van der Waals surface area contributed by atoms with Gasteiger partial charge < -0.3 is 10.2 Å². The van der Waals surface area contributed by atoms with E-state index >= 15 is 0 Å². The van der Waals surface area contributed by atoms with E-state index < -0.39 is 11.8 Å². The summed E-state index contributed by atoms with van der Waals surface area (Å²) >= 11 is 0. The molecule has 2 N–H and O–H groups in total. The third-order valence-corrected chi connectivity index (χ3v) is 1.02. The molecule has 0 aliphatic carbocycles. The van der Waals surface area contributed by atoms with Crippen LogP contribution >= 0.6 is 0 Å². The van der Waals surface area contributed by atoms with Gasteiger partial charge in [0, 0.05) is 6.20 Å². The zero-order chi connectivity index (χ0) is 7.56. The Kier molecular flexibility index (Phi) is 4.78. The van der Waals surface area contributed by atoms with Crippen LogP contribution in [0.1, 0.15) is 10.4 Å². The number of rotatable bonds is 1. The van der Waals surface area contributed by atoms with Crippen molar-refractivity contribution in [2.75, 3.05) is 0 Å². The average molecular weight is 278 g/mol. The fourth-order valence-electron chi connectivity index (χ4n) is 0.564. The van der Waals surface area contributed by atoms with Crippen molar-refractivity contribution in [2.45, 2.75) is 0 Å². The van der Waals surface area contributed by atoms with E-state index in [0.29, 0.717) is 0 Å². The summed E-state index contributed by atoms with van der Waals surface area (Å²) in [4.78, 5) is 13.6. The Morgan fingerprint density at radius 2 is 2.18 bits per heavy atom. The van der Waals surface area contributed by atoms with E-state index in [4.69, 9.17) is 10.2 Å². The van der Waals surface area contributed by atoms with Crippen molar-refractivity contribution in [3.05, 3.63) is 23.9 Å². The summed E-state index contributed by atoms with van der Waals surface area (Å²) in [5, 5.41) is 17.2. The van der Waals surface area contributed by atoms with Crippen molar-refractivity contribution in [2.24, 2.45) is 0 Å². The first-order chi connectivity index (χ1) is 4.72. The van der Waals surface area contributed by atoms with Crippen molar-refractivity contribution in [1.82, 2.24) is 4.98 Å². The molecule has 0 unspecified atom stereocenters. The molecule has 1 rings (SSSR count). The van der Waals surface area contributed by atoms with E-state index in [1.807, 2.05) is 0 Å². The van der Waals surface area contributed by atoms with Crippen LogP contribution in [0.4, 0.5) is 0 Å². The molecular weight excluding hydrogens is 271 g/mol. The van der Waals surface area contributed by atoms with Crippen molar-refractivity contribution in [1.29, 1.82) is 0 Å². The molecule has 4 nitrogen and oxygen atoms in total. The molecule has 56 valence electrons. The van der Waals surface area contributed by atoms with Crippen LogP contribution in [0.25, 0.3) is 0 Å². The van der Waals surface area contributed by atoms with E-state index in [9.17, 15) is 4.79 Å². The van der Waals surface area contributed by atoms with E-state index in [0.717, 1.165) is 0 Å². The van der Waals surface area contributed by atoms with Crippen LogP contribution in [0.2, 0.25) is 0 Å². The fraction of sp³-hybridized carbons (Fsp3) is 0. The Hall–Kier alpha value is -0.00857. The molecule has 0 fully saturated rings. The van der Waals surface area contributed by atoms with Gasteiger partial charge in [-0.05, 0) is 12.1 Å². The number of aromatic carboxylic acids is 1. The second-order valence-electron chi connectivity index (χ2n) is 1.68. The summed E-state index contributed by atoms with van der Waals surface area (Å²) in [7, 11) is 0. The first-order valence-electron chi connectivity index (χ1n) is 2.59. The van der Waals surface area contributed by atoms with Gasteiger partial charge in [0.05, 0.1) is 0 Å². The Morgan fingerprint density at radius 1 is 1.55 bits per heavy atom. The zero-order valence-corrected chi connectivity index (χ0v) is 4.98. The molecule has 1 heterocycles. The Labute approximate surface area is 103 Å². The minimum absolute atomic E-state index is 0. The molecule has 0 aliphatic heterocycles. The summed E-state index contributed by atoms with van der Waals surface area (Å²) in [6, 6.07) is 2.73. The van der Waals surface area contributed by atoms with E-state index in [2.05, 4.69) is 4.98 Å². The van der Waals surface area contributed by atoms with Gasteiger partial charge in [0.15, 0.2) is 0 Å². The molecule has 1 aromatic heterocycles. The Morgan fingerprint density at radius 3 is 2.55 bits per heavy atom. The Balaban J connectivity index is 0.000001000. The minimum atomic E-state index is -1.18. The molecule has 11 heavy (non-hydrogen) atoms. The number of aromatic hydroxyl groups is 1. The first-order valence-corrected chi connectivity index (χ1v) is 2.59. The molecule has 0 atom stereocenters. The summed E-state index contributed by atoms with van der Waals surface area (Å²) < 4.78 is 0. The number of pyridine rings is 1. The first kappa shape index (κ1) is 11.0. The van der Waals surface area contributed by atoms with Gasteiger partial charge in [0.1, 0.15) is 5.56 Å². The van der Waals surface area contributed by atoms with Crippen LogP contribution in [0.5, 0.6) is 5.88 Å². The number of aromatic nitrogens is 1. The maximum atomic E-state index is 10.2. The van der Waals surface area contributed by atoms with Gasteiger partial charge in [0.2, 0.25) is 5.88 Å². The fourth-order valence-corrected chi connectivity index (χ4v) is 0.564. The normalized spacial score (nSPS) is 8.36. The molecule has 0 radical (unpaired) electrons.